The summed E-state index contributed by atoms with van der Waals surface area (Å²) in [5, 5.41) is 3.86. The Bertz CT molecular complexity index is 984. The highest BCUT2D eigenvalue weighted by molar-refractivity contribution is 6.31. The van der Waals surface area contributed by atoms with E-state index in [0.717, 1.165) is 17.1 Å². The second-order valence-electron chi connectivity index (χ2n) is 6.14. The Morgan fingerprint density at radius 1 is 1.22 bits per heavy atom. The van der Waals surface area contributed by atoms with Crippen molar-refractivity contribution in [3.63, 3.8) is 0 Å². The third kappa shape index (κ3) is 3.13. The van der Waals surface area contributed by atoms with Crippen molar-refractivity contribution in [2.45, 2.75) is 0 Å². The summed E-state index contributed by atoms with van der Waals surface area (Å²) >= 11 is 6.01. The zero-order valence-electron chi connectivity index (χ0n) is 15.0. The normalized spacial score (nSPS) is 16.3. The molecule has 7 heteroatoms. The molecule has 0 aliphatic carbocycles. The fraction of sp³-hybridized carbons (Fsp3) is 0.200. The Kier molecular flexibility index (Phi) is 4.49. The number of nitrogens with zero attached hydrogens (tertiary/aromatic N) is 2. The van der Waals surface area contributed by atoms with E-state index in [1.54, 1.807) is 44.6 Å². The zero-order valence-corrected chi connectivity index (χ0v) is 15.7. The number of carbonyl (C=O) groups excluding carboxylic acids is 1. The number of benzene rings is 2. The number of carbonyl (C=O) groups is 1. The molecule has 0 radical (unpaired) electrons. The predicted octanol–water partition coefficient (Wildman–Crippen LogP) is 3.57. The molecule has 0 atom stereocenters. The van der Waals surface area contributed by atoms with Crippen LogP contribution in [0.4, 0.5) is 5.69 Å². The van der Waals surface area contributed by atoms with Crippen LogP contribution < -0.4 is 14.8 Å². The lowest BCUT2D eigenvalue weighted by molar-refractivity contribution is 0.104. The number of fused-ring (bicyclic) bond motifs is 3. The molecular weight excluding hydrogens is 366 g/mol. The first-order valence-electron chi connectivity index (χ1n) is 8.47. The summed E-state index contributed by atoms with van der Waals surface area (Å²) in [6, 6.07) is 10.7. The maximum Gasteiger partial charge on any atom is 0.189 e. The topological polar surface area (TPSA) is 63.2 Å². The summed E-state index contributed by atoms with van der Waals surface area (Å²) in [7, 11) is 3.19. The maximum absolute atomic E-state index is 12.7. The maximum atomic E-state index is 12.7. The summed E-state index contributed by atoms with van der Waals surface area (Å²) in [6.45, 7) is 1.36. The van der Waals surface area contributed by atoms with Crippen molar-refractivity contribution in [1.82, 2.24) is 4.90 Å². The van der Waals surface area contributed by atoms with Gasteiger partial charge in [0.15, 0.2) is 17.3 Å². The molecule has 4 rings (SSSR count). The van der Waals surface area contributed by atoms with E-state index in [9.17, 15) is 4.79 Å². The molecule has 0 spiro atoms. The van der Waals surface area contributed by atoms with Gasteiger partial charge < -0.3 is 19.7 Å². The minimum Gasteiger partial charge on any atom is -0.493 e. The molecule has 0 saturated carbocycles. The molecule has 2 aromatic rings. The zero-order chi connectivity index (χ0) is 19.0. The third-order valence-corrected chi connectivity index (χ3v) is 4.77. The Morgan fingerprint density at radius 2 is 2.00 bits per heavy atom. The number of nitrogens with one attached hydrogen (secondary N) is 1. The predicted molar refractivity (Wildman–Crippen MR) is 105 cm³/mol. The average molecular weight is 384 g/mol. The van der Waals surface area contributed by atoms with Gasteiger partial charge in [0.25, 0.3) is 0 Å². The number of ketones is 1. The molecule has 138 valence electrons. The molecule has 0 unspecified atom stereocenters. The van der Waals surface area contributed by atoms with Crippen molar-refractivity contribution in [3.8, 4) is 11.5 Å². The van der Waals surface area contributed by atoms with Crippen LogP contribution in [0, 0.1) is 0 Å². The van der Waals surface area contributed by atoms with Crippen LogP contribution in [0.25, 0.3) is 0 Å². The number of rotatable bonds is 4. The van der Waals surface area contributed by atoms with Crippen molar-refractivity contribution >= 4 is 28.9 Å². The highest BCUT2D eigenvalue weighted by atomic mass is 35.5. The molecule has 0 aromatic heterocycles. The van der Waals surface area contributed by atoms with Crippen molar-refractivity contribution in [1.29, 1.82) is 0 Å². The Labute approximate surface area is 162 Å². The summed E-state index contributed by atoms with van der Waals surface area (Å²) in [5.41, 5.74) is 2.26. The van der Waals surface area contributed by atoms with Crippen molar-refractivity contribution < 1.29 is 14.3 Å². The van der Waals surface area contributed by atoms with Gasteiger partial charge in [-0.1, -0.05) is 23.7 Å². The SMILES string of the molecule is COc1cc2c(cc1OC)C1=NCCN1/C(=C/C(=O)c1cccc(Cl)c1)N2. The van der Waals surface area contributed by atoms with Gasteiger partial charge in [-0.05, 0) is 18.2 Å². The van der Waals surface area contributed by atoms with E-state index in [-0.39, 0.29) is 5.78 Å². The van der Waals surface area contributed by atoms with Crippen LogP contribution in [-0.4, -0.2) is 43.8 Å². The van der Waals surface area contributed by atoms with Crippen LogP contribution >= 0.6 is 11.6 Å². The number of allylic oxidation sites excluding steroid dienone is 1. The van der Waals surface area contributed by atoms with E-state index in [2.05, 4.69) is 10.3 Å². The molecule has 1 N–H and O–H groups in total. The molecule has 0 saturated heterocycles. The second-order valence-corrected chi connectivity index (χ2v) is 6.58. The standard InChI is InChI=1S/C20H18ClN3O3/c1-26-17-9-14-15(10-18(17)27-2)23-19(24-7-6-22-20(14)24)11-16(25)12-4-3-5-13(21)8-12/h3-5,8-11,23H,6-7H2,1-2H3/b19-11+. The Morgan fingerprint density at radius 3 is 2.74 bits per heavy atom. The van der Waals surface area contributed by atoms with Gasteiger partial charge in [-0.3, -0.25) is 9.79 Å². The number of halogens is 1. The molecule has 2 heterocycles. The van der Waals surface area contributed by atoms with Crippen LogP contribution in [0.15, 0.2) is 53.3 Å². The molecule has 27 heavy (non-hydrogen) atoms. The van der Waals surface area contributed by atoms with Crippen LogP contribution in [0.5, 0.6) is 11.5 Å². The summed E-state index contributed by atoms with van der Waals surface area (Å²) in [5.74, 6) is 2.60. The van der Waals surface area contributed by atoms with Crippen LogP contribution in [-0.2, 0) is 0 Å². The molecule has 2 aliphatic heterocycles. The van der Waals surface area contributed by atoms with E-state index in [1.807, 2.05) is 17.0 Å². The average Bonchev–Trinajstić information content (AvgIpc) is 3.17. The number of ether oxygens (including phenoxy) is 2. The minimum atomic E-state index is -0.129. The van der Waals surface area contributed by atoms with Gasteiger partial charge in [-0.15, -0.1) is 0 Å². The van der Waals surface area contributed by atoms with Gasteiger partial charge in [0.1, 0.15) is 11.7 Å². The quantitative estimate of drug-likeness (QED) is 0.646. The van der Waals surface area contributed by atoms with E-state index in [0.29, 0.717) is 41.0 Å². The van der Waals surface area contributed by atoms with Crippen LogP contribution in [0.1, 0.15) is 15.9 Å². The third-order valence-electron chi connectivity index (χ3n) is 4.54. The van der Waals surface area contributed by atoms with Crippen LogP contribution in [0.2, 0.25) is 5.02 Å². The van der Waals surface area contributed by atoms with Crippen molar-refractivity contribution in [2.75, 3.05) is 32.6 Å². The highest BCUT2D eigenvalue weighted by Gasteiger charge is 2.31. The molecule has 6 nitrogen and oxygen atoms in total. The Hall–Kier alpha value is -2.99. The molecule has 0 bridgehead atoms. The largest absolute Gasteiger partial charge is 0.493 e. The van der Waals surface area contributed by atoms with E-state index in [4.69, 9.17) is 21.1 Å². The first-order valence-corrected chi connectivity index (χ1v) is 8.85. The van der Waals surface area contributed by atoms with Gasteiger partial charge in [0.05, 0.1) is 26.5 Å². The van der Waals surface area contributed by atoms with Gasteiger partial charge >= 0.3 is 0 Å². The number of amidine groups is 1. The molecule has 2 aromatic carbocycles. The van der Waals surface area contributed by atoms with Gasteiger partial charge in [0.2, 0.25) is 0 Å². The van der Waals surface area contributed by atoms with E-state index >= 15 is 0 Å². The molecular formula is C20H18ClN3O3. The number of methoxy groups -OCH3 is 2. The number of hydrogen-bond acceptors (Lipinski definition) is 6. The number of aliphatic imine (C=N–C) groups is 1. The van der Waals surface area contributed by atoms with Crippen LogP contribution in [0.3, 0.4) is 0 Å². The molecule has 0 amide bonds. The first-order chi connectivity index (χ1) is 13.1. The van der Waals surface area contributed by atoms with E-state index in [1.165, 1.54) is 0 Å². The lowest BCUT2D eigenvalue weighted by atomic mass is 10.1. The van der Waals surface area contributed by atoms with Crippen molar-refractivity contribution in [3.05, 3.63) is 64.4 Å². The molecule has 2 aliphatic rings. The van der Waals surface area contributed by atoms with Gasteiger partial charge in [-0.25, -0.2) is 0 Å². The summed E-state index contributed by atoms with van der Waals surface area (Å²) in [4.78, 5) is 19.3. The van der Waals surface area contributed by atoms with Gasteiger partial charge in [-0.2, -0.15) is 0 Å². The molecule has 0 fully saturated rings. The number of anilines is 1. The fourth-order valence-corrected chi connectivity index (χ4v) is 3.44. The first kappa shape index (κ1) is 17.4. The number of hydrogen-bond donors (Lipinski definition) is 1. The smallest absolute Gasteiger partial charge is 0.189 e. The summed E-state index contributed by atoms with van der Waals surface area (Å²) < 4.78 is 10.8. The van der Waals surface area contributed by atoms with Crippen molar-refractivity contribution in [2.24, 2.45) is 4.99 Å². The second kappa shape index (κ2) is 6.96. The highest BCUT2D eigenvalue weighted by Crippen LogP contribution is 2.38. The fourth-order valence-electron chi connectivity index (χ4n) is 3.25. The monoisotopic (exact) mass is 383 g/mol. The van der Waals surface area contributed by atoms with Gasteiger partial charge in [0, 0.05) is 34.8 Å². The lowest BCUT2D eigenvalue weighted by Gasteiger charge is -2.31. The Balaban J connectivity index is 1.75. The lowest BCUT2D eigenvalue weighted by Crippen LogP contribution is -2.36. The minimum absolute atomic E-state index is 0.129. The summed E-state index contributed by atoms with van der Waals surface area (Å²) in [6.07, 6.45) is 1.58. The van der Waals surface area contributed by atoms with E-state index < -0.39 is 0 Å².